The molecule has 0 bridgehead atoms. The number of aromatic nitrogens is 1. The van der Waals surface area contributed by atoms with Crippen LogP contribution in [0.5, 0.6) is 0 Å². The molecule has 0 aliphatic heterocycles. The molecular weight excluding hydrogens is 297 g/mol. The maximum absolute atomic E-state index is 12.4. The molecule has 1 saturated carbocycles. The summed E-state index contributed by atoms with van der Waals surface area (Å²) in [6.45, 7) is -0.130. The van der Waals surface area contributed by atoms with Gasteiger partial charge in [-0.1, -0.05) is 0 Å². The van der Waals surface area contributed by atoms with Crippen molar-refractivity contribution in [3.8, 4) is 0 Å². The van der Waals surface area contributed by atoms with Crippen molar-refractivity contribution >= 4 is 23.2 Å². The van der Waals surface area contributed by atoms with E-state index in [1.54, 1.807) is 0 Å². The Labute approximate surface area is 116 Å². The lowest BCUT2D eigenvalue weighted by Crippen LogP contribution is -2.38. The molecule has 5 nitrogen and oxygen atoms in total. The first-order valence-corrected chi connectivity index (χ1v) is 6.55. The highest BCUT2D eigenvalue weighted by Crippen LogP contribution is 2.47. The Balaban J connectivity index is 2.05. The average molecular weight is 308 g/mol. The van der Waals surface area contributed by atoms with Crippen LogP contribution in [-0.4, -0.2) is 33.9 Å². The predicted molar refractivity (Wildman–Crippen MR) is 62.9 cm³/mol. The lowest BCUT2D eigenvalue weighted by atomic mass is 10.1. The molecule has 1 N–H and O–H groups in total. The van der Waals surface area contributed by atoms with Crippen molar-refractivity contribution in [2.24, 2.45) is 5.41 Å². The van der Waals surface area contributed by atoms with Gasteiger partial charge in [-0.2, -0.15) is 13.2 Å². The number of amides is 1. The quantitative estimate of drug-likeness (QED) is 0.864. The first kappa shape index (κ1) is 14.8. The van der Waals surface area contributed by atoms with Gasteiger partial charge in [0.2, 0.25) is 5.91 Å². The summed E-state index contributed by atoms with van der Waals surface area (Å²) in [4.78, 5) is 27.5. The van der Waals surface area contributed by atoms with Crippen molar-refractivity contribution in [2.75, 3.05) is 7.05 Å². The first-order valence-electron chi connectivity index (χ1n) is 5.67. The fourth-order valence-electron chi connectivity index (χ4n) is 1.80. The molecule has 2 rings (SSSR count). The third kappa shape index (κ3) is 2.62. The summed E-state index contributed by atoms with van der Waals surface area (Å²) in [7, 11) is 1.36. The molecule has 1 amide bonds. The van der Waals surface area contributed by atoms with E-state index in [9.17, 15) is 22.8 Å². The monoisotopic (exact) mass is 308 g/mol. The van der Waals surface area contributed by atoms with E-state index in [-0.39, 0.29) is 24.4 Å². The largest absolute Gasteiger partial charge is 0.480 e. The lowest BCUT2D eigenvalue weighted by molar-refractivity contribution is -0.153. The lowest BCUT2D eigenvalue weighted by Gasteiger charge is -2.19. The Morgan fingerprint density at radius 1 is 1.50 bits per heavy atom. The Hall–Kier alpha value is -1.64. The summed E-state index contributed by atoms with van der Waals surface area (Å²) >= 11 is 0.789. The van der Waals surface area contributed by atoms with Gasteiger partial charge >= 0.3 is 12.1 Å². The van der Waals surface area contributed by atoms with Crippen LogP contribution in [-0.2, 0) is 22.3 Å². The van der Waals surface area contributed by atoms with E-state index in [1.807, 2.05) is 0 Å². The van der Waals surface area contributed by atoms with Crippen LogP contribution in [0.2, 0.25) is 0 Å². The van der Waals surface area contributed by atoms with Gasteiger partial charge in [-0.25, -0.2) is 4.98 Å². The molecule has 1 fully saturated rings. The van der Waals surface area contributed by atoms with Crippen molar-refractivity contribution < 1.29 is 27.9 Å². The maximum atomic E-state index is 12.4. The number of carboxylic acids is 1. The summed E-state index contributed by atoms with van der Waals surface area (Å²) in [6.07, 6.45) is -4.00. The summed E-state index contributed by atoms with van der Waals surface area (Å²) in [5.41, 5.74) is -2.39. The summed E-state index contributed by atoms with van der Waals surface area (Å²) in [5, 5.41) is 9.98. The van der Waals surface area contributed by atoms with Gasteiger partial charge in [0.15, 0.2) is 5.69 Å². The van der Waals surface area contributed by atoms with Gasteiger partial charge in [0.25, 0.3) is 0 Å². The van der Waals surface area contributed by atoms with Crippen LogP contribution in [0.3, 0.4) is 0 Å². The maximum Gasteiger partial charge on any atom is 0.434 e. The van der Waals surface area contributed by atoms with Gasteiger partial charge in [0.1, 0.15) is 10.4 Å². The normalized spacial score (nSPS) is 16.8. The molecule has 0 radical (unpaired) electrons. The number of alkyl halides is 3. The van der Waals surface area contributed by atoms with Crippen molar-refractivity contribution in [3.63, 3.8) is 0 Å². The number of hydrogen-bond donors (Lipinski definition) is 1. The molecule has 0 atom stereocenters. The smallest absolute Gasteiger partial charge is 0.434 e. The number of rotatable bonds is 4. The second-order valence-electron chi connectivity index (χ2n) is 4.67. The van der Waals surface area contributed by atoms with Crippen LogP contribution < -0.4 is 0 Å². The highest BCUT2D eigenvalue weighted by Gasteiger charge is 2.58. The number of thiazole rings is 1. The standard InChI is InChI=1S/C11H11F3N2O3S/c1-16(8(17)10(2-3-10)9(18)19)4-7-15-6(5-20-7)11(12,13)14/h5H,2-4H2,1H3,(H,18,19). The zero-order valence-corrected chi connectivity index (χ0v) is 11.2. The van der Waals surface area contributed by atoms with Crippen LogP contribution in [0.25, 0.3) is 0 Å². The molecule has 1 aromatic rings. The van der Waals surface area contributed by atoms with Crippen molar-refractivity contribution in [3.05, 3.63) is 16.1 Å². The zero-order chi connectivity index (χ0) is 15.1. The molecule has 20 heavy (non-hydrogen) atoms. The van der Waals surface area contributed by atoms with Crippen LogP contribution in [0, 0.1) is 5.41 Å². The second-order valence-corrected chi connectivity index (χ2v) is 5.62. The Morgan fingerprint density at radius 2 is 2.10 bits per heavy atom. The van der Waals surface area contributed by atoms with E-state index in [0.29, 0.717) is 0 Å². The molecule has 0 saturated heterocycles. The number of halogens is 3. The highest BCUT2D eigenvalue weighted by molar-refractivity contribution is 7.09. The van der Waals surface area contributed by atoms with E-state index in [0.717, 1.165) is 21.6 Å². The van der Waals surface area contributed by atoms with Crippen LogP contribution in [0.1, 0.15) is 23.5 Å². The molecule has 0 spiro atoms. The minimum absolute atomic E-state index is 0.120. The van der Waals surface area contributed by atoms with Crippen LogP contribution >= 0.6 is 11.3 Å². The van der Waals surface area contributed by atoms with Gasteiger partial charge in [0, 0.05) is 12.4 Å². The van der Waals surface area contributed by atoms with E-state index < -0.39 is 29.2 Å². The van der Waals surface area contributed by atoms with Crippen molar-refractivity contribution in [1.82, 2.24) is 9.88 Å². The topological polar surface area (TPSA) is 70.5 Å². The number of carbonyl (C=O) groups is 2. The Morgan fingerprint density at radius 3 is 2.50 bits per heavy atom. The van der Waals surface area contributed by atoms with Gasteiger partial charge in [0.05, 0.1) is 6.54 Å². The number of aliphatic carboxylic acids is 1. The van der Waals surface area contributed by atoms with Crippen molar-refractivity contribution in [1.29, 1.82) is 0 Å². The fraction of sp³-hybridized carbons (Fsp3) is 0.545. The highest BCUT2D eigenvalue weighted by atomic mass is 32.1. The Kier molecular flexibility index (Phi) is 3.49. The molecule has 0 aromatic carbocycles. The van der Waals surface area contributed by atoms with Crippen LogP contribution in [0.15, 0.2) is 5.38 Å². The fourth-order valence-corrected chi connectivity index (χ4v) is 2.65. The van der Waals surface area contributed by atoms with Crippen LogP contribution in [0.4, 0.5) is 13.2 Å². The van der Waals surface area contributed by atoms with E-state index in [4.69, 9.17) is 5.11 Å². The summed E-state index contributed by atoms with van der Waals surface area (Å²) in [5.74, 6) is -1.78. The molecule has 9 heteroatoms. The van der Waals surface area contributed by atoms with E-state index >= 15 is 0 Å². The molecule has 1 aliphatic rings. The number of carbonyl (C=O) groups excluding carboxylic acids is 1. The molecule has 1 aliphatic carbocycles. The number of carboxylic acid groups (broad SMARTS) is 1. The average Bonchev–Trinajstić information content (AvgIpc) is 3.01. The molecule has 110 valence electrons. The first-order chi connectivity index (χ1) is 9.17. The van der Waals surface area contributed by atoms with E-state index in [1.165, 1.54) is 7.05 Å². The SMILES string of the molecule is CN(Cc1nc(C(F)(F)F)cs1)C(=O)C1(C(=O)O)CC1. The number of nitrogens with zero attached hydrogens (tertiary/aromatic N) is 2. The van der Waals surface area contributed by atoms with E-state index in [2.05, 4.69) is 4.98 Å². The third-order valence-electron chi connectivity index (χ3n) is 3.13. The van der Waals surface area contributed by atoms with Gasteiger partial charge < -0.3 is 10.0 Å². The van der Waals surface area contributed by atoms with Gasteiger partial charge in [-0.05, 0) is 12.8 Å². The number of hydrogen-bond acceptors (Lipinski definition) is 4. The summed E-state index contributed by atoms with van der Waals surface area (Å²) in [6, 6.07) is 0. The minimum atomic E-state index is -4.52. The molecular formula is C11H11F3N2O3S. The zero-order valence-electron chi connectivity index (χ0n) is 10.4. The third-order valence-corrected chi connectivity index (χ3v) is 3.96. The molecule has 1 heterocycles. The molecule has 0 unspecified atom stereocenters. The summed E-state index contributed by atoms with van der Waals surface area (Å²) < 4.78 is 37.2. The molecule has 1 aromatic heterocycles. The predicted octanol–water partition coefficient (Wildman–Crippen LogP) is 1.99. The van der Waals surface area contributed by atoms with Crippen molar-refractivity contribution in [2.45, 2.75) is 25.6 Å². The second kappa shape index (κ2) is 4.72. The minimum Gasteiger partial charge on any atom is -0.480 e. The van der Waals surface area contributed by atoms with Gasteiger partial charge in [-0.3, -0.25) is 9.59 Å². The Bertz CT molecular complexity index is 551. The van der Waals surface area contributed by atoms with Gasteiger partial charge in [-0.15, -0.1) is 11.3 Å².